The van der Waals surface area contributed by atoms with Crippen molar-refractivity contribution in [3.8, 4) is 22.3 Å². The molecule has 0 aliphatic rings. The Bertz CT molecular complexity index is 923. The number of hydrogen-bond acceptors (Lipinski definition) is 6. The van der Waals surface area contributed by atoms with Crippen LogP contribution >= 0.6 is 11.3 Å². The number of methoxy groups -OCH3 is 1. The maximum absolute atomic E-state index is 12.5. The largest absolute Gasteiger partial charge is 0.493 e. The maximum Gasteiger partial charge on any atom is 0.387 e. The standard InChI is InChI=1S/C14H11F2N3O3S/c1-6-5-23-13(17-6)11-18-8-4-10(22-14(15)16)9(21-2)3-7(8)12(20)19-11/h3-5,14H,1-2H3,(H,18,19,20). The lowest BCUT2D eigenvalue weighted by molar-refractivity contribution is -0.0511. The van der Waals surface area contributed by atoms with Gasteiger partial charge in [0, 0.05) is 17.1 Å². The van der Waals surface area contributed by atoms with E-state index >= 15 is 0 Å². The minimum atomic E-state index is -3.01. The van der Waals surface area contributed by atoms with Gasteiger partial charge >= 0.3 is 6.61 Å². The summed E-state index contributed by atoms with van der Waals surface area (Å²) in [4.78, 5) is 23.4. The third-order valence-corrected chi connectivity index (χ3v) is 4.00. The Labute approximate surface area is 132 Å². The summed E-state index contributed by atoms with van der Waals surface area (Å²) in [6.07, 6.45) is 0. The normalized spacial score (nSPS) is 11.2. The zero-order chi connectivity index (χ0) is 16.6. The van der Waals surface area contributed by atoms with Crippen LogP contribution < -0.4 is 15.0 Å². The van der Waals surface area contributed by atoms with Gasteiger partial charge in [0.2, 0.25) is 0 Å². The number of halogens is 2. The van der Waals surface area contributed by atoms with E-state index in [4.69, 9.17) is 4.74 Å². The summed E-state index contributed by atoms with van der Waals surface area (Å²) in [5, 5.41) is 2.56. The molecule has 3 rings (SSSR count). The highest BCUT2D eigenvalue weighted by molar-refractivity contribution is 7.13. The summed E-state index contributed by atoms with van der Waals surface area (Å²) in [6, 6.07) is 2.56. The minimum Gasteiger partial charge on any atom is -0.493 e. The van der Waals surface area contributed by atoms with E-state index in [9.17, 15) is 13.6 Å². The lowest BCUT2D eigenvalue weighted by atomic mass is 10.2. The van der Waals surface area contributed by atoms with Crippen LogP contribution in [0.25, 0.3) is 21.7 Å². The van der Waals surface area contributed by atoms with Crippen molar-refractivity contribution in [3.05, 3.63) is 33.6 Å². The number of benzene rings is 1. The van der Waals surface area contributed by atoms with Crippen LogP contribution in [0.3, 0.4) is 0 Å². The van der Waals surface area contributed by atoms with Gasteiger partial charge in [0.1, 0.15) is 0 Å². The third-order valence-electron chi connectivity index (χ3n) is 3.03. The van der Waals surface area contributed by atoms with Crippen LogP contribution in [-0.4, -0.2) is 28.7 Å². The van der Waals surface area contributed by atoms with Crippen molar-refractivity contribution < 1.29 is 18.3 Å². The molecule has 9 heteroatoms. The average molecular weight is 339 g/mol. The fourth-order valence-electron chi connectivity index (χ4n) is 2.06. The van der Waals surface area contributed by atoms with Crippen LogP contribution in [0.2, 0.25) is 0 Å². The Balaban J connectivity index is 2.20. The molecule has 0 aliphatic carbocycles. The van der Waals surface area contributed by atoms with Crippen molar-refractivity contribution in [2.24, 2.45) is 0 Å². The highest BCUT2D eigenvalue weighted by Gasteiger charge is 2.16. The fraction of sp³-hybridized carbons (Fsp3) is 0.214. The number of nitrogens with zero attached hydrogens (tertiary/aromatic N) is 2. The zero-order valence-electron chi connectivity index (χ0n) is 12.1. The van der Waals surface area contributed by atoms with E-state index in [1.54, 1.807) is 0 Å². The molecule has 0 amide bonds. The fourth-order valence-corrected chi connectivity index (χ4v) is 2.80. The first-order chi connectivity index (χ1) is 11.0. The van der Waals surface area contributed by atoms with E-state index in [1.807, 2.05) is 12.3 Å². The maximum atomic E-state index is 12.5. The number of nitrogens with one attached hydrogen (secondary N) is 1. The second-order valence-corrected chi connectivity index (χ2v) is 5.47. The molecule has 2 aromatic heterocycles. The Morgan fingerprint density at radius 3 is 2.65 bits per heavy atom. The number of aromatic amines is 1. The zero-order valence-corrected chi connectivity index (χ0v) is 12.9. The van der Waals surface area contributed by atoms with E-state index in [-0.39, 0.29) is 28.2 Å². The molecule has 6 nitrogen and oxygen atoms in total. The molecule has 23 heavy (non-hydrogen) atoms. The second-order valence-electron chi connectivity index (χ2n) is 4.61. The second kappa shape index (κ2) is 5.92. The highest BCUT2D eigenvalue weighted by atomic mass is 32.1. The third kappa shape index (κ3) is 3.00. The molecule has 120 valence electrons. The molecule has 0 saturated heterocycles. The number of ether oxygens (including phenoxy) is 2. The van der Waals surface area contributed by atoms with Crippen LogP contribution in [-0.2, 0) is 0 Å². The molecule has 0 fully saturated rings. The van der Waals surface area contributed by atoms with Crippen LogP contribution in [0.15, 0.2) is 22.3 Å². The van der Waals surface area contributed by atoms with E-state index in [0.717, 1.165) is 5.69 Å². The Morgan fingerprint density at radius 2 is 2.04 bits per heavy atom. The molecule has 0 spiro atoms. The van der Waals surface area contributed by atoms with Gasteiger partial charge in [-0.05, 0) is 13.0 Å². The van der Waals surface area contributed by atoms with Crippen LogP contribution in [0, 0.1) is 6.92 Å². The number of aryl methyl sites for hydroxylation is 1. The molecule has 1 N–H and O–H groups in total. The summed E-state index contributed by atoms with van der Waals surface area (Å²) < 4.78 is 34.4. The van der Waals surface area contributed by atoms with Crippen molar-refractivity contribution in [1.82, 2.24) is 15.0 Å². The average Bonchev–Trinajstić information content (AvgIpc) is 2.92. The van der Waals surface area contributed by atoms with Gasteiger partial charge < -0.3 is 14.5 Å². The number of hydrogen-bond donors (Lipinski definition) is 1. The molecular weight excluding hydrogens is 328 g/mol. The summed E-state index contributed by atoms with van der Waals surface area (Å²) >= 11 is 1.32. The molecule has 0 unspecified atom stereocenters. The summed E-state index contributed by atoms with van der Waals surface area (Å²) in [6.45, 7) is -1.19. The van der Waals surface area contributed by atoms with Gasteiger partial charge in [0.25, 0.3) is 5.56 Å². The first kappa shape index (κ1) is 15.3. The summed E-state index contributed by atoms with van der Waals surface area (Å²) in [5.41, 5.74) is 0.594. The highest BCUT2D eigenvalue weighted by Crippen LogP contribution is 2.32. The Morgan fingerprint density at radius 1 is 1.26 bits per heavy atom. The van der Waals surface area contributed by atoms with Gasteiger partial charge in [0.05, 0.1) is 18.0 Å². The molecule has 0 bridgehead atoms. The minimum absolute atomic E-state index is 0.0305. The van der Waals surface area contributed by atoms with Gasteiger partial charge in [-0.3, -0.25) is 4.79 Å². The van der Waals surface area contributed by atoms with Gasteiger partial charge in [-0.1, -0.05) is 0 Å². The SMILES string of the molecule is COc1cc2c(=O)[nH]c(-c3nc(C)cs3)nc2cc1OC(F)F. The van der Waals surface area contributed by atoms with Crippen LogP contribution in [0.5, 0.6) is 11.5 Å². The van der Waals surface area contributed by atoms with E-state index in [1.165, 1.54) is 30.6 Å². The van der Waals surface area contributed by atoms with Crippen molar-refractivity contribution >= 4 is 22.2 Å². The topological polar surface area (TPSA) is 77.1 Å². The monoisotopic (exact) mass is 339 g/mol. The predicted octanol–water partition coefficient (Wildman–Crippen LogP) is 2.97. The molecule has 2 heterocycles. The number of fused-ring (bicyclic) bond motifs is 1. The Kier molecular flexibility index (Phi) is 3.95. The van der Waals surface area contributed by atoms with Crippen molar-refractivity contribution in [2.45, 2.75) is 13.5 Å². The Hall–Kier alpha value is -2.55. The number of H-pyrrole nitrogens is 1. The lowest BCUT2D eigenvalue weighted by Gasteiger charge is -2.10. The number of thiazole rings is 1. The summed E-state index contributed by atoms with van der Waals surface area (Å²) in [5.74, 6) is 0.117. The quantitative estimate of drug-likeness (QED) is 0.791. The van der Waals surface area contributed by atoms with Crippen LogP contribution in [0.1, 0.15) is 5.69 Å². The number of aromatic nitrogens is 3. The van der Waals surface area contributed by atoms with Gasteiger partial charge in [-0.2, -0.15) is 8.78 Å². The predicted molar refractivity (Wildman–Crippen MR) is 81.4 cm³/mol. The van der Waals surface area contributed by atoms with Gasteiger partial charge in [-0.15, -0.1) is 11.3 Å². The first-order valence-electron chi connectivity index (χ1n) is 6.47. The molecular formula is C14H11F2N3O3S. The van der Waals surface area contributed by atoms with E-state index in [2.05, 4.69) is 19.7 Å². The lowest BCUT2D eigenvalue weighted by Crippen LogP contribution is -2.11. The molecule has 1 aromatic carbocycles. The summed E-state index contributed by atoms with van der Waals surface area (Å²) in [7, 11) is 1.30. The van der Waals surface area contributed by atoms with Gasteiger partial charge in [-0.25, -0.2) is 9.97 Å². The number of rotatable bonds is 4. The smallest absolute Gasteiger partial charge is 0.387 e. The van der Waals surface area contributed by atoms with Gasteiger partial charge in [0.15, 0.2) is 22.3 Å². The van der Waals surface area contributed by atoms with E-state index in [0.29, 0.717) is 5.01 Å². The van der Waals surface area contributed by atoms with Crippen molar-refractivity contribution in [2.75, 3.05) is 7.11 Å². The molecule has 0 aliphatic heterocycles. The molecule has 0 saturated carbocycles. The van der Waals surface area contributed by atoms with Crippen molar-refractivity contribution in [1.29, 1.82) is 0 Å². The van der Waals surface area contributed by atoms with Crippen molar-refractivity contribution in [3.63, 3.8) is 0 Å². The van der Waals surface area contributed by atoms with E-state index < -0.39 is 12.2 Å². The number of alkyl halides is 2. The molecule has 0 atom stereocenters. The molecule has 3 aromatic rings. The van der Waals surface area contributed by atoms with Crippen LogP contribution in [0.4, 0.5) is 8.78 Å². The molecule has 0 radical (unpaired) electrons. The first-order valence-corrected chi connectivity index (χ1v) is 7.35.